The van der Waals surface area contributed by atoms with Crippen molar-refractivity contribution in [2.75, 3.05) is 4.90 Å². The van der Waals surface area contributed by atoms with Crippen molar-refractivity contribution in [3.8, 4) is 44.5 Å². The Hall–Kier alpha value is -7.20. The van der Waals surface area contributed by atoms with Crippen LogP contribution in [0.2, 0.25) is 0 Å². The van der Waals surface area contributed by atoms with Gasteiger partial charge in [-0.2, -0.15) is 0 Å². The largest absolute Gasteiger partial charge is 0.456 e. The zero-order valence-electron chi connectivity index (χ0n) is 36.7. The van der Waals surface area contributed by atoms with Crippen LogP contribution in [0, 0.1) is 0 Å². The summed E-state index contributed by atoms with van der Waals surface area (Å²) in [5.74, 6) is 0. The number of furan rings is 1. The van der Waals surface area contributed by atoms with Crippen LogP contribution >= 0.6 is 11.3 Å². The lowest BCUT2D eigenvalue weighted by molar-refractivity contribution is 0.584. The van der Waals surface area contributed by atoms with Crippen LogP contribution in [-0.4, -0.2) is 0 Å². The summed E-state index contributed by atoms with van der Waals surface area (Å²) in [4.78, 5) is 2.37. The summed E-state index contributed by atoms with van der Waals surface area (Å²) in [5, 5.41) is 4.92. The first-order valence-corrected chi connectivity index (χ1v) is 23.1. The first-order valence-electron chi connectivity index (χ1n) is 22.3. The zero-order valence-corrected chi connectivity index (χ0v) is 37.6. The molecule has 11 aromatic rings. The van der Waals surface area contributed by atoms with Gasteiger partial charge in [0.05, 0.1) is 0 Å². The van der Waals surface area contributed by atoms with Crippen molar-refractivity contribution in [2.45, 2.75) is 45.4 Å². The summed E-state index contributed by atoms with van der Waals surface area (Å²) >= 11 is 1.88. The average molecular weight is 842 g/mol. The fourth-order valence-electron chi connectivity index (χ4n) is 10.2. The Morgan fingerprint density at radius 1 is 0.438 bits per heavy atom. The molecule has 2 nitrogen and oxygen atoms in total. The van der Waals surface area contributed by atoms with Crippen LogP contribution in [0.25, 0.3) is 86.6 Å². The van der Waals surface area contributed by atoms with Crippen LogP contribution in [0.3, 0.4) is 0 Å². The van der Waals surface area contributed by atoms with Crippen molar-refractivity contribution >= 4 is 70.5 Å². The maximum Gasteiger partial charge on any atom is 0.136 e. The molecule has 0 aliphatic heterocycles. The average Bonchev–Trinajstić information content (AvgIpc) is 3.97. The molecule has 0 saturated heterocycles. The Kier molecular flexibility index (Phi) is 8.67. The van der Waals surface area contributed by atoms with Gasteiger partial charge in [0.25, 0.3) is 0 Å². The van der Waals surface area contributed by atoms with E-state index in [9.17, 15) is 0 Å². The first-order chi connectivity index (χ1) is 31.1. The van der Waals surface area contributed by atoms with E-state index in [1.807, 2.05) is 23.5 Å². The van der Waals surface area contributed by atoms with Crippen molar-refractivity contribution in [3.63, 3.8) is 0 Å². The van der Waals surface area contributed by atoms with Crippen LogP contribution in [0.1, 0.15) is 51.3 Å². The van der Waals surface area contributed by atoms with Crippen LogP contribution in [-0.2, 0) is 10.8 Å². The number of anilines is 3. The Balaban J connectivity index is 0.933. The van der Waals surface area contributed by atoms with Gasteiger partial charge in [0.15, 0.2) is 0 Å². The maximum atomic E-state index is 6.27. The van der Waals surface area contributed by atoms with Crippen molar-refractivity contribution < 1.29 is 4.42 Å². The highest BCUT2D eigenvalue weighted by Gasteiger charge is 2.36. The molecule has 0 radical (unpaired) electrons. The quantitative estimate of drug-likeness (QED) is 0.166. The predicted octanol–water partition coefficient (Wildman–Crippen LogP) is 18.0. The van der Waals surface area contributed by atoms with Gasteiger partial charge in [0.2, 0.25) is 0 Å². The van der Waals surface area contributed by atoms with Crippen molar-refractivity contribution in [1.82, 2.24) is 0 Å². The number of fused-ring (bicyclic) bond motifs is 9. The van der Waals surface area contributed by atoms with Gasteiger partial charge in [-0.15, -0.1) is 11.3 Å². The molecule has 0 bridgehead atoms. The molecule has 12 rings (SSSR count). The molecule has 0 atom stereocenters. The number of para-hydroxylation sites is 1. The van der Waals surface area contributed by atoms with E-state index in [0.29, 0.717) is 0 Å². The molecular formula is C61H47NOS. The zero-order chi connectivity index (χ0) is 43.3. The third-order valence-electron chi connectivity index (χ3n) is 13.7. The number of hydrogen-bond donors (Lipinski definition) is 0. The first kappa shape index (κ1) is 38.5. The molecule has 0 N–H and O–H groups in total. The molecule has 0 unspecified atom stereocenters. The molecule has 0 amide bonds. The van der Waals surface area contributed by atoms with Crippen molar-refractivity contribution in [3.05, 3.63) is 211 Å². The Morgan fingerprint density at radius 2 is 1.02 bits per heavy atom. The van der Waals surface area contributed by atoms with Gasteiger partial charge in [-0.05, 0) is 127 Å². The lowest BCUT2D eigenvalue weighted by atomic mass is 9.79. The number of hydrogen-bond acceptors (Lipinski definition) is 3. The molecule has 2 aromatic heterocycles. The van der Waals surface area contributed by atoms with E-state index in [-0.39, 0.29) is 10.8 Å². The topological polar surface area (TPSA) is 16.4 Å². The second-order valence-corrected chi connectivity index (χ2v) is 20.0. The Morgan fingerprint density at radius 3 is 1.73 bits per heavy atom. The summed E-state index contributed by atoms with van der Waals surface area (Å²) in [5.41, 5.74) is 19.3. The normalized spacial score (nSPS) is 13.2. The van der Waals surface area contributed by atoms with Crippen molar-refractivity contribution in [2.24, 2.45) is 0 Å². The van der Waals surface area contributed by atoms with Crippen molar-refractivity contribution in [1.29, 1.82) is 0 Å². The molecule has 0 spiro atoms. The van der Waals surface area contributed by atoms with E-state index < -0.39 is 0 Å². The highest BCUT2D eigenvalue weighted by atomic mass is 32.1. The predicted molar refractivity (Wildman–Crippen MR) is 274 cm³/mol. The van der Waals surface area contributed by atoms with Gasteiger partial charge in [-0.3, -0.25) is 0 Å². The second-order valence-electron chi connectivity index (χ2n) is 18.9. The molecule has 64 heavy (non-hydrogen) atoms. The molecule has 9 aromatic carbocycles. The molecule has 1 aliphatic carbocycles. The maximum absolute atomic E-state index is 6.27. The minimum Gasteiger partial charge on any atom is -0.456 e. The molecule has 0 saturated carbocycles. The summed E-state index contributed by atoms with van der Waals surface area (Å²) in [7, 11) is 0. The van der Waals surface area contributed by atoms with E-state index in [2.05, 4.69) is 222 Å². The van der Waals surface area contributed by atoms with Gasteiger partial charge in [-0.25, -0.2) is 0 Å². The van der Waals surface area contributed by atoms with Gasteiger partial charge >= 0.3 is 0 Å². The summed E-state index contributed by atoms with van der Waals surface area (Å²) in [6.45, 7) is 11.6. The number of rotatable bonds is 6. The highest BCUT2D eigenvalue weighted by molar-refractivity contribution is 7.26. The molecule has 1 aliphatic rings. The lowest BCUT2D eigenvalue weighted by Gasteiger charge is -2.26. The van der Waals surface area contributed by atoms with E-state index in [1.54, 1.807) is 0 Å². The SMILES string of the molecule is CC(C)(C)c1ccc2c(c1)C(C)(C)c1ccc(-c3ccc(N(c4ccc(-c5cccc6c5sc5ccccc56)cc4)c4ccc(-c5cccc6oc7ccccc7c56)cc4)cc3)cc1-2. The summed E-state index contributed by atoms with van der Waals surface area (Å²) in [6, 6.07) is 71.5. The van der Waals surface area contributed by atoms with E-state index in [1.165, 1.54) is 75.8 Å². The van der Waals surface area contributed by atoms with Gasteiger partial charge in [0.1, 0.15) is 11.2 Å². The van der Waals surface area contributed by atoms with Gasteiger partial charge in [0, 0.05) is 53.4 Å². The van der Waals surface area contributed by atoms with Gasteiger partial charge in [-0.1, -0.05) is 168 Å². The third-order valence-corrected chi connectivity index (χ3v) is 14.9. The van der Waals surface area contributed by atoms with E-state index in [0.717, 1.165) is 44.6 Å². The third kappa shape index (κ3) is 6.13. The minimum absolute atomic E-state index is 0.0525. The monoisotopic (exact) mass is 841 g/mol. The molecule has 2 heterocycles. The number of benzene rings is 9. The van der Waals surface area contributed by atoms with E-state index in [4.69, 9.17) is 4.42 Å². The summed E-state index contributed by atoms with van der Waals surface area (Å²) < 4.78 is 8.91. The molecule has 3 heteroatoms. The van der Waals surface area contributed by atoms with Gasteiger partial charge < -0.3 is 9.32 Å². The standard InChI is InChI=1S/C61H47NOS/c1-60(2,3)42-27-34-48-52-36-41(26-35-53(52)61(4,5)54(48)37-42)38-20-28-43(29-21-38)62(44-30-22-39(23-31-44)46-14-11-18-56-58(46)51-13-6-8-17-55(51)63-56)45-32-24-40(25-33-45)47-15-10-16-50-49-12-7-9-19-57(49)64-59(47)50/h6-37H,1-5H3. The highest BCUT2D eigenvalue weighted by Crippen LogP contribution is 2.51. The van der Waals surface area contributed by atoms with Crippen LogP contribution in [0.15, 0.2) is 199 Å². The second kappa shape index (κ2) is 14.4. The lowest BCUT2D eigenvalue weighted by Crippen LogP contribution is -2.17. The van der Waals surface area contributed by atoms with Crippen LogP contribution < -0.4 is 4.90 Å². The number of thiophene rings is 1. The number of nitrogens with zero attached hydrogens (tertiary/aromatic N) is 1. The van der Waals surface area contributed by atoms with E-state index >= 15 is 0 Å². The smallest absolute Gasteiger partial charge is 0.136 e. The Labute approximate surface area is 378 Å². The molecular weight excluding hydrogens is 795 g/mol. The fraction of sp³-hybridized carbons (Fsp3) is 0.115. The fourth-order valence-corrected chi connectivity index (χ4v) is 11.5. The van der Waals surface area contributed by atoms with Crippen LogP contribution in [0.5, 0.6) is 0 Å². The summed E-state index contributed by atoms with van der Waals surface area (Å²) in [6.07, 6.45) is 0. The van der Waals surface area contributed by atoms with Crippen LogP contribution in [0.4, 0.5) is 17.1 Å². The Bertz CT molecular complexity index is 3600. The molecule has 0 fully saturated rings. The molecule has 308 valence electrons. The minimum atomic E-state index is -0.0525.